The Kier molecular flexibility index (Phi) is 6.01. The molecule has 5 rings (SSSR count). The van der Waals surface area contributed by atoms with E-state index in [2.05, 4.69) is 10.6 Å². The fourth-order valence-electron chi connectivity index (χ4n) is 4.66. The first-order valence-electron chi connectivity index (χ1n) is 11.6. The van der Waals surface area contributed by atoms with Gasteiger partial charge in [0.05, 0.1) is 23.9 Å². The summed E-state index contributed by atoms with van der Waals surface area (Å²) in [5, 5.41) is 5.72. The highest BCUT2D eigenvalue weighted by atomic mass is 19.1. The van der Waals surface area contributed by atoms with Gasteiger partial charge in [-0.15, -0.1) is 0 Å². The molecule has 2 N–H and O–H groups in total. The Balaban J connectivity index is 1.52. The zero-order valence-corrected chi connectivity index (χ0v) is 19.9. The molecule has 2 heterocycles. The van der Waals surface area contributed by atoms with Crippen LogP contribution >= 0.6 is 0 Å². The number of carbonyl (C=O) groups excluding carboxylic acids is 3. The topological polar surface area (TPSA) is 81.8 Å². The number of hydrogen-bond acceptors (Lipinski definition) is 3. The van der Waals surface area contributed by atoms with Crippen LogP contribution in [0.4, 0.5) is 14.9 Å². The number of aryl methyl sites for hydroxylation is 1. The summed E-state index contributed by atoms with van der Waals surface area (Å²) in [6.45, 7) is 2.06. The van der Waals surface area contributed by atoms with E-state index in [9.17, 15) is 18.8 Å². The first-order valence-corrected chi connectivity index (χ1v) is 11.6. The molecule has 2 aliphatic rings. The Labute approximate surface area is 208 Å². The van der Waals surface area contributed by atoms with E-state index in [1.165, 1.54) is 34.1 Å². The lowest BCUT2D eigenvalue weighted by atomic mass is 9.95. The lowest BCUT2D eigenvalue weighted by molar-refractivity contribution is -0.134. The minimum atomic E-state index is -0.962. The molecule has 7 nitrogen and oxygen atoms in total. The molecule has 8 heteroatoms. The van der Waals surface area contributed by atoms with E-state index in [4.69, 9.17) is 0 Å². The highest BCUT2D eigenvalue weighted by Crippen LogP contribution is 2.39. The quantitative estimate of drug-likeness (QED) is 0.566. The average molecular weight is 485 g/mol. The molecule has 2 atom stereocenters. The van der Waals surface area contributed by atoms with Gasteiger partial charge in [0.15, 0.2) is 0 Å². The molecule has 3 aromatic rings. The van der Waals surface area contributed by atoms with E-state index in [0.717, 1.165) is 11.1 Å². The number of benzene rings is 3. The standard InChI is InChI=1S/C28H25FN4O3/c1-17-8-10-18(11-9-17)24-23-22(32(2)28(36)31-24)16-33(27(23)35)25(19-6-4-3-5-7-19)26(34)30-21-14-12-20(29)13-15-21/h3-15,24-25H,16H2,1-2H3,(H,30,34)(H,31,36). The first kappa shape index (κ1) is 23.3. The maximum Gasteiger partial charge on any atom is 0.322 e. The normalized spacial score (nSPS) is 18.1. The van der Waals surface area contributed by atoms with Crippen LogP contribution in [-0.2, 0) is 9.59 Å². The van der Waals surface area contributed by atoms with E-state index in [1.54, 1.807) is 31.3 Å². The number of rotatable bonds is 5. The molecular weight excluding hydrogens is 459 g/mol. The van der Waals surface area contributed by atoms with Crippen molar-refractivity contribution in [2.24, 2.45) is 0 Å². The number of halogens is 1. The van der Waals surface area contributed by atoms with E-state index in [-0.39, 0.29) is 18.5 Å². The van der Waals surface area contributed by atoms with Crippen LogP contribution in [-0.4, -0.2) is 41.2 Å². The van der Waals surface area contributed by atoms with Gasteiger partial charge < -0.3 is 15.5 Å². The molecule has 2 aliphatic heterocycles. The lowest BCUT2D eigenvalue weighted by Crippen LogP contribution is -2.45. The van der Waals surface area contributed by atoms with Gasteiger partial charge in [0.25, 0.3) is 11.8 Å². The molecule has 182 valence electrons. The Bertz CT molecular complexity index is 1350. The molecule has 2 unspecified atom stereocenters. The van der Waals surface area contributed by atoms with Gasteiger partial charge in [-0.2, -0.15) is 0 Å². The Morgan fingerprint density at radius 1 is 1.00 bits per heavy atom. The van der Waals surface area contributed by atoms with Crippen LogP contribution < -0.4 is 10.6 Å². The second-order valence-electron chi connectivity index (χ2n) is 8.95. The average Bonchev–Trinajstić information content (AvgIpc) is 3.21. The van der Waals surface area contributed by atoms with Crippen LogP contribution in [0.15, 0.2) is 90.1 Å². The Morgan fingerprint density at radius 3 is 2.33 bits per heavy atom. The van der Waals surface area contributed by atoms with Crippen LogP contribution in [0.3, 0.4) is 0 Å². The Morgan fingerprint density at radius 2 is 1.67 bits per heavy atom. The van der Waals surface area contributed by atoms with E-state index in [0.29, 0.717) is 22.5 Å². The summed E-state index contributed by atoms with van der Waals surface area (Å²) in [5.41, 5.74) is 3.89. The molecular formula is C28H25FN4O3. The van der Waals surface area contributed by atoms with Crippen molar-refractivity contribution in [3.8, 4) is 0 Å². The third-order valence-corrected chi connectivity index (χ3v) is 6.59. The van der Waals surface area contributed by atoms with Crippen molar-refractivity contribution in [3.63, 3.8) is 0 Å². The van der Waals surface area contributed by atoms with Gasteiger partial charge in [-0.05, 0) is 42.3 Å². The summed E-state index contributed by atoms with van der Waals surface area (Å²) >= 11 is 0. The minimum absolute atomic E-state index is 0.0941. The van der Waals surface area contributed by atoms with Gasteiger partial charge in [0.2, 0.25) is 0 Å². The van der Waals surface area contributed by atoms with Crippen molar-refractivity contribution < 1.29 is 18.8 Å². The molecule has 0 saturated carbocycles. The van der Waals surface area contributed by atoms with Crippen LogP contribution in [0.2, 0.25) is 0 Å². The molecule has 36 heavy (non-hydrogen) atoms. The maximum absolute atomic E-state index is 13.9. The Hall–Kier alpha value is -4.46. The van der Waals surface area contributed by atoms with Crippen LogP contribution in [0, 0.1) is 12.7 Å². The number of hydrogen-bond donors (Lipinski definition) is 2. The van der Waals surface area contributed by atoms with Crippen molar-refractivity contribution in [3.05, 3.63) is 113 Å². The number of nitrogens with zero attached hydrogens (tertiary/aromatic N) is 2. The van der Waals surface area contributed by atoms with Crippen LogP contribution in [0.1, 0.15) is 28.8 Å². The second-order valence-corrected chi connectivity index (χ2v) is 8.95. The molecule has 0 aliphatic carbocycles. The zero-order valence-electron chi connectivity index (χ0n) is 19.9. The summed E-state index contributed by atoms with van der Waals surface area (Å²) in [4.78, 5) is 43.2. The molecule has 0 spiro atoms. The number of amides is 4. The summed E-state index contributed by atoms with van der Waals surface area (Å²) in [6.07, 6.45) is 0. The largest absolute Gasteiger partial charge is 0.327 e. The zero-order chi connectivity index (χ0) is 25.4. The number of likely N-dealkylation sites (N-methyl/N-ethyl adjacent to an activating group) is 1. The summed E-state index contributed by atoms with van der Waals surface area (Å²) < 4.78 is 13.4. The highest BCUT2D eigenvalue weighted by Gasteiger charge is 2.46. The fourth-order valence-corrected chi connectivity index (χ4v) is 4.66. The van der Waals surface area contributed by atoms with E-state index in [1.807, 2.05) is 37.3 Å². The van der Waals surface area contributed by atoms with Crippen LogP contribution in [0.25, 0.3) is 0 Å². The molecule has 0 radical (unpaired) electrons. The lowest BCUT2D eigenvalue weighted by Gasteiger charge is -2.31. The number of carbonyl (C=O) groups is 3. The van der Waals surface area contributed by atoms with E-state index < -0.39 is 23.8 Å². The van der Waals surface area contributed by atoms with Crippen molar-refractivity contribution in [2.45, 2.75) is 19.0 Å². The smallest absolute Gasteiger partial charge is 0.322 e. The molecule has 0 saturated heterocycles. The third-order valence-electron chi connectivity index (χ3n) is 6.59. The summed E-state index contributed by atoms with van der Waals surface area (Å²) in [7, 11) is 1.61. The molecule has 0 aromatic heterocycles. The van der Waals surface area contributed by atoms with Gasteiger partial charge in [-0.1, -0.05) is 60.2 Å². The maximum atomic E-state index is 13.9. The van der Waals surface area contributed by atoms with E-state index >= 15 is 0 Å². The fraction of sp³-hybridized carbons (Fsp3) is 0.179. The number of anilines is 1. The first-order chi connectivity index (χ1) is 17.3. The van der Waals surface area contributed by atoms with Crippen LogP contribution in [0.5, 0.6) is 0 Å². The number of nitrogens with one attached hydrogen (secondary N) is 2. The SMILES string of the molecule is Cc1ccc(C2NC(=O)N(C)C3=C2C(=O)N(C(C(=O)Nc2ccc(F)cc2)c2ccccc2)C3)cc1. The molecule has 0 bridgehead atoms. The molecule has 0 fully saturated rings. The van der Waals surface area contributed by atoms with Crippen molar-refractivity contribution in [2.75, 3.05) is 18.9 Å². The number of urea groups is 1. The van der Waals surface area contributed by atoms with Gasteiger partial charge in [-0.3, -0.25) is 14.5 Å². The van der Waals surface area contributed by atoms with Crippen molar-refractivity contribution in [1.29, 1.82) is 0 Å². The molecule has 3 aromatic carbocycles. The van der Waals surface area contributed by atoms with Gasteiger partial charge in [0, 0.05) is 12.7 Å². The van der Waals surface area contributed by atoms with Gasteiger partial charge >= 0.3 is 6.03 Å². The second kappa shape index (κ2) is 9.30. The predicted octanol–water partition coefficient (Wildman–Crippen LogP) is 4.31. The third kappa shape index (κ3) is 4.22. The van der Waals surface area contributed by atoms with Crippen molar-refractivity contribution >= 4 is 23.5 Å². The van der Waals surface area contributed by atoms with Crippen molar-refractivity contribution in [1.82, 2.24) is 15.1 Å². The summed E-state index contributed by atoms with van der Waals surface area (Å²) in [6, 6.07) is 20.2. The van der Waals surface area contributed by atoms with Gasteiger partial charge in [-0.25, -0.2) is 9.18 Å². The molecule has 4 amide bonds. The predicted molar refractivity (Wildman–Crippen MR) is 133 cm³/mol. The highest BCUT2D eigenvalue weighted by molar-refractivity contribution is 6.05. The monoisotopic (exact) mass is 484 g/mol. The summed E-state index contributed by atoms with van der Waals surface area (Å²) in [5.74, 6) is -1.18. The van der Waals surface area contributed by atoms with Gasteiger partial charge in [0.1, 0.15) is 11.9 Å². The minimum Gasteiger partial charge on any atom is -0.327 e.